The van der Waals surface area contributed by atoms with Gasteiger partial charge in [0.2, 0.25) is 17.6 Å². The van der Waals surface area contributed by atoms with Crippen LogP contribution in [0.25, 0.3) is 0 Å². The van der Waals surface area contributed by atoms with Gasteiger partial charge in [-0.05, 0) is 13.8 Å². The molecule has 0 aliphatic carbocycles. The average molecular weight is 409 g/mol. The van der Waals surface area contributed by atoms with E-state index < -0.39 is 5.25 Å². The van der Waals surface area contributed by atoms with Crippen molar-refractivity contribution in [1.82, 2.24) is 5.16 Å². The van der Waals surface area contributed by atoms with Crippen molar-refractivity contribution in [3.8, 4) is 17.2 Å². The highest BCUT2D eigenvalue weighted by Crippen LogP contribution is 2.39. The van der Waals surface area contributed by atoms with Gasteiger partial charge in [-0.3, -0.25) is 9.59 Å². The van der Waals surface area contributed by atoms with E-state index >= 15 is 0 Å². The lowest BCUT2D eigenvalue weighted by Gasteiger charge is -2.15. The van der Waals surface area contributed by atoms with Crippen molar-refractivity contribution in [2.75, 3.05) is 37.7 Å². The van der Waals surface area contributed by atoms with Gasteiger partial charge in [-0.25, -0.2) is 0 Å². The summed E-state index contributed by atoms with van der Waals surface area (Å²) in [5, 5.41) is 8.64. The van der Waals surface area contributed by atoms with Crippen LogP contribution in [-0.2, 0) is 9.59 Å². The van der Waals surface area contributed by atoms with Crippen molar-refractivity contribution in [3.05, 3.63) is 24.0 Å². The Morgan fingerprint density at radius 3 is 2.25 bits per heavy atom. The van der Waals surface area contributed by atoms with Crippen LogP contribution in [-0.4, -0.2) is 49.3 Å². The first-order valence-corrected chi connectivity index (χ1v) is 9.38. The summed E-state index contributed by atoms with van der Waals surface area (Å²) in [7, 11) is 4.49. The first-order valence-electron chi connectivity index (χ1n) is 8.33. The van der Waals surface area contributed by atoms with Gasteiger partial charge in [0.1, 0.15) is 5.76 Å². The Morgan fingerprint density at radius 2 is 1.75 bits per heavy atom. The summed E-state index contributed by atoms with van der Waals surface area (Å²) in [6.45, 7) is 3.44. The summed E-state index contributed by atoms with van der Waals surface area (Å²) in [4.78, 5) is 24.4. The van der Waals surface area contributed by atoms with Crippen LogP contribution < -0.4 is 24.8 Å². The maximum Gasteiger partial charge on any atom is 0.238 e. The van der Waals surface area contributed by atoms with Gasteiger partial charge in [-0.15, -0.1) is 11.8 Å². The highest BCUT2D eigenvalue weighted by Gasteiger charge is 2.18. The number of hydrogen-bond donors (Lipinski definition) is 2. The van der Waals surface area contributed by atoms with E-state index in [2.05, 4.69) is 15.8 Å². The average Bonchev–Trinajstić information content (AvgIpc) is 3.09. The molecule has 1 unspecified atom stereocenters. The van der Waals surface area contributed by atoms with Crippen LogP contribution in [0.15, 0.2) is 22.7 Å². The number of amides is 2. The topological polar surface area (TPSA) is 112 Å². The molecule has 10 heteroatoms. The number of thioether (sulfide) groups is 1. The number of carbonyl (C=O) groups excluding carboxylic acids is 2. The minimum Gasteiger partial charge on any atom is -0.493 e. The molecular weight excluding hydrogens is 386 g/mol. The SMILES string of the molecule is COc1cc(NC(=O)CSC(C)C(=O)Nc2cc(C)on2)cc(OC)c1OC. The molecule has 0 aliphatic rings. The molecule has 152 valence electrons. The summed E-state index contributed by atoms with van der Waals surface area (Å²) < 4.78 is 20.7. The van der Waals surface area contributed by atoms with Gasteiger partial charge in [0.05, 0.1) is 32.3 Å². The van der Waals surface area contributed by atoms with Crippen molar-refractivity contribution in [2.45, 2.75) is 19.1 Å². The van der Waals surface area contributed by atoms with Crippen molar-refractivity contribution in [1.29, 1.82) is 0 Å². The predicted octanol–water partition coefficient (Wildman–Crippen LogP) is 2.71. The minimum atomic E-state index is -0.456. The Labute approximate surface area is 167 Å². The van der Waals surface area contributed by atoms with Crippen molar-refractivity contribution in [2.24, 2.45) is 0 Å². The molecule has 2 N–H and O–H groups in total. The fourth-order valence-corrected chi connectivity index (χ4v) is 2.96. The predicted molar refractivity (Wildman–Crippen MR) is 107 cm³/mol. The molecule has 0 saturated carbocycles. The number of methoxy groups -OCH3 is 3. The smallest absolute Gasteiger partial charge is 0.238 e. The van der Waals surface area contributed by atoms with Gasteiger partial charge < -0.3 is 29.4 Å². The Balaban J connectivity index is 1.92. The summed E-state index contributed by atoms with van der Waals surface area (Å²) in [5.74, 6) is 1.79. The lowest BCUT2D eigenvalue weighted by molar-refractivity contribution is -0.115. The summed E-state index contributed by atoms with van der Waals surface area (Å²) in [6, 6.07) is 4.88. The normalized spacial score (nSPS) is 11.5. The first-order chi connectivity index (χ1) is 13.4. The number of carbonyl (C=O) groups is 2. The van der Waals surface area contributed by atoms with Crippen LogP contribution in [0.5, 0.6) is 17.2 Å². The molecule has 0 radical (unpaired) electrons. The van der Waals surface area contributed by atoms with Gasteiger partial charge >= 0.3 is 0 Å². The monoisotopic (exact) mass is 409 g/mol. The number of nitrogens with one attached hydrogen (secondary N) is 2. The first kappa shape index (κ1) is 21.4. The number of anilines is 2. The number of benzene rings is 1. The quantitative estimate of drug-likeness (QED) is 0.650. The Morgan fingerprint density at radius 1 is 1.11 bits per heavy atom. The van der Waals surface area contributed by atoms with Gasteiger partial charge in [0, 0.05) is 23.9 Å². The molecule has 1 aromatic heterocycles. The Bertz CT molecular complexity index is 813. The van der Waals surface area contributed by atoms with Crippen LogP contribution in [0.4, 0.5) is 11.5 Å². The van der Waals surface area contributed by atoms with Crippen molar-refractivity contribution >= 4 is 35.1 Å². The molecule has 0 spiro atoms. The molecular formula is C18H23N3O6S. The van der Waals surface area contributed by atoms with Crippen LogP contribution in [0.3, 0.4) is 0 Å². The molecule has 0 bridgehead atoms. The third-order valence-corrected chi connectivity index (χ3v) is 4.80. The zero-order valence-electron chi connectivity index (χ0n) is 16.3. The van der Waals surface area contributed by atoms with E-state index in [-0.39, 0.29) is 17.6 Å². The second kappa shape index (κ2) is 9.88. The largest absolute Gasteiger partial charge is 0.493 e. The summed E-state index contributed by atoms with van der Waals surface area (Å²) in [5.41, 5.74) is 0.496. The molecule has 0 saturated heterocycles. The molecule has 2 rings (SSSR count). The number of nitrogens with zero attached hydrogens (tertiary/aromatic N) is 1. The molecule has 28 heavy (non-hydrogen) atoms. The molecule has 2 aromatic rings. The van der Waals surface area contributed by atoms with Crippen LogP contribution >= 0.6 is 11.8 Å². The Hall–Kier alpha value is -2.88. The zero-order valence-corrected chi connectivity index (χ0v) is 17.1. The number of ether oxygens (including phenoxy) is 3. The standard InChI is InChI=1S/C18H23N3O6S/c1-10-6-15(21-27-10)20-18(23)11(2)28-9-16(22)19-12-7-13(24-3)17(26-5)14(8-12)25-4/h6-8,11H,9H2,1-5H3,(H,19,22)(H,20,21,23). The molecule has 1 atom stereocenters. The molecule has 1 aromatic carbocycles. The third kappa shape index (κ3) is 5.56. The van der Waals surface area contributed by atoms with Crippen LogP contribution in [0.1, 0.15) is 12.7 Å². The summed E-state index contributed by atoms with van der Waals surface area (Å²) >= 11 is 1.20. The van der Waals surface area contributed by atoms with Gasteiger partial charge in [0.25, 0.3) is 0 Å². The molecule has 0 aliphatic heterocycles. The van der Waals surface area contributed by atoms with E-state index in [9.17, 15) is 9.59 Å². The van der Waals surface area contributed by atoms with Crippen molar-refractivity contribution < 1.29 is 28.3 Å². The number of aromatic nitrogens is 1. The highest BCUT2D eigenvalue weighted by molar-refractivity contribution is 8.01. The van der Waals surface area contributed by atoms with E-state index in [1.807, 2.05) is 0 Å². The highest BCUT2D eigenvalue weighted by atomic mass is 32.2. The van der Waals surface area contributed by atoms with Gasteiger partial charge in [-0.1, -0.05) is 5.16 Å². The van der Waals surface area contributed by atoms with Crippen LogP contribution in [0.2, 0.25) is 0 Å². The van der Waals surface area contributed by atoms with E-state index in [0.29, 0.717) is 34.5 Å². The molecule has 1 heterocycles. The van der Waals surface area contributed by atoms with Crippen LogP contribution in [0, 0.1) is 6.92 Å². The van der Waals surface area contributed by atoms with E-state index in [1.165, 1.54) is 33.1 Å². The fourth-order valence-electron chi connectivity index (χ4n) is 2.28. The fraction of sp³-hybridized carbons (Fsp3) is 0.389. The number of hydrogen-bond acceptors (Lipinski definition) is 8. The maximum absolute atomic E-state index is 12.3. The third-order valence-electron chi connectivity index (χ3n) is 3.66. The summed E-state index contributed by atoms with van der Waals surface area (Å²) in [6.07, 6.45) is 0. The van der Waals surface area contributed by atoms with Gasteiger partial charge in [-0.2, -0.15) is 0 Å². The van der Waals surface area contributed by atoms with E-state index in [0.717, 1.165) is 0 Å². The maximum atomic E-state index is 12.3. The second-order valence-electron chi connectivity index (χ2n) is 5.73. The zero-order chi connectivity index (χ0) is 20.7. The number of rotatable bonds is 9. The van der Waals surface area contributed by atoms with Crippen molar-refractivity contribution in [3.63, 3.8) is 0 Å². The minimum absolute atomic E-state index is 0.0864. The molecule has 0 fully saturated rings. The number of aryl methyl sites for hydroxylation is 1. The van der Waals surface area contributed by atoms with E-state index in [4.69, 9.17) is 18.7 Å². The Kier molecular flexibility index (Phi) is 7.56. The molecule has 9 nitrogen and oxygen atoms in total. The second-order valence-corrected chi connectivity index (χ2v) is 7.06. The molecule has 2 amide bonds. The lowest BCUT2D eigenvalue weighted by atomic mass is 10.2. The van der Waals surface area contributed by atoms with Gasteiger partial charge in [0.15, 0.2) is 17.3 Å². The van der Waals surface area contributed by atoms with E-state index in [1.54, 1.807) is 32.0 Å². The lowest BCUT2D eigenvalue weighted by Crippen LogP contribution is -2.25.